The molecule has 0 saturated heterocycles. The Labute approximate surface area is 112 Å². The second kappa shape index (κ2) is 4.40. The highest BCUT2D eigenvalue weighted by atomic mass is 16.1. The zero-order chi connectivity index (χ0) is 13.6. The van der Waals surface area contributed by atoms with Crippen LogP contribution in [-0.2, 0) is 7.05 Å². The first kappa shape index (κ1) is 12.3. The lowest BCUT2D eigenvalue weighted by atomic mass is 9.94. The molecule has 2 heterocycles. The molecular formula is C14H20N4O. The lowest BCUT2D eigenvalue weighted by molar-refractivity contribution is 0.343. The lowest BCUT2D eigenvalue weighted by Crippen LogP contribution is -2.28. The average Bonchev–Trinajstić information content (AvgIpc) is 2.66. The molecule has 0 bridgehead atoms. The molecule has 0 radical (unpaired) electrons. The predicted octanol–water partition coefficient (Wildman–Crippen LogP) is 2.13. The number of anilines is 1. The maximum Gasteiger partial charge on any atom is 0.264 e. The van der Waals surface area contributed by atoms with Gasteiger partial charge in [0.15, 0.2) is 5.82 Å². The molecule has 1 aliphatic rings. The number of aromatic nitrogens is 3. The van der Waals surface area contributed by atoms with E-state index in [2.05, 4.69) is 5.10 Å². The van der Waals surface area contributed by atoms with E-state index in [-0.39, 0.29) is 5.56 Å². The van der Waals surface area contributed by atoms with Crippen molar-refractivity contribution < 1.29 is 0 Å². The van der Waals surface area contributed by atoms with Gasteiger partial charge >= 0.3 is 0 Å². The molecule has 2 aromatic rings. The molecule has 102 valence electrons. The van der Waals surface area contributed by atoms with Crippen LogP contribution in [0.25, 0.3) is 10.9 Å². The second-order valence-electron chi connectivity index (χ2n) is 5.52. The van der Waals surface area contributed by atoms with Crippen molar-refractivity contribution in [1.29, 1.82) is 0 Å². The Kier molecular flexibility index (Phi) is 2.84. The van der Waals surface area contributed by atoms with Crippen LogP contribution in [0.2, 0.25) is 0 Å². The molecule has 0 atom stereocenters. The van der Waals surface area contributed by atoms with Gasteiger partial charge in [0.2, 0.25) is 0 Å². The standard InChI is InChI=1S/C14H20N4O/c1-9-8-11-12(13(15)16-17(11)2)14(19)18(9)10-6-4-3-5-7-10/h8,10H,3-7H2,1-2H3,(H2,15,16). The lowest BCUT2D eigenvalue weighted by Gasteiger charge is -2.25. The fourth-order valence-corrected chi connectivity index (χ4v) is 3.28. The van der Waals surface area contributed by atoms with Gasteiger partial charge in [0.05, 0.1) is 5.52 Å². The molecular weight excluding hydrogens is 240 g/mol. The predicted molar refractivity (Wildman–Crippen MR) is 76.2 cm³/mol. The first-order valence-electron chi connectivity index (χ1n) is 6.94. The number of fused-ring (bicyclic) bond motifs is 1. The van der Waals surface area contributed by atoms with Crippen LogP contribution in [0.1, 0.15) is 43.8 Å². The minimum Gasteiger partial charge on any atom is -0.382 e. The molecule has 0 unspecified atom stereocenters. The summed E-state index contributed by atoms with van der Waals surface area (Å²) in [7, 11) is 1.82. The minimum absolute atomic E-state index is 0.0208. The first-order chi connectivity index (χ1) is 9.09. The first-order valence-corrected chi connectivity index (χ1v) is 6.94. The molecule has 0 amide bonds. The summed E-state index contributed by atoms with van der Waals surface area (Å²) in [6.45, 7) is 2.00. The summed E-state index contributed by atoms with van der Waals surface area (Å²) in [5.74, 6) is 0.340. The third-order valence-electron chi connectivity index (χ3n) is 4.22. The van der Waals surface area contributed by atoms with E-state index in [0.29, 0.717) is 17.2 Å². The van der Waals surface area contributed by atoms with E-state index in [1.54, 1.807) is 4.68 Å². The number of nitrogens with zero attached hydrogens (tertiary/aromatic N) is 3. The van der Waals surface area contributed by atoms with E-state index in [1.807, 2.05) is 24.6 Å². The highest BCUT2D eigenvalue weighted by molar-refractivity contribution is 5.88. The van der Waals surface area contributed by atoms with Crippen molar-refractivity contribution in [2.24, 2.45) is 7.05 Å². The molecule has 2 aromatic heterocycles. The Morgan fingerprint density at radius 1 is 1.32 bits per heavy atom. The third kappa shape index (κ3) is 1.84. The highest BCUT2D eigenvalue weighted by Crippen LogP contribution is 2.29. The van der Waals surface area contributed by atoms with E-state index in [4.69, 9.17) is 5.73 Å². The molecule has 1 saturated carbocycles. The highest BCUT2D eigenvalue weighted by Gasteiger charge is 2.21. The van der Waals surface area contributed by atoms with Gasteiger partial charge in [-0.25, -0.2) is 0 Å². The number of aryl methyl sites for hydroxylation is 2. The summed E-state index contributed by atoms with van der Waals surface area (Å²) in [5, 5.41) is 4.73. The molecule has 1 fully saturated rings. The minimum atomic E-state index is 0.0208. The summed E-state index contributed by atoms with van der Waals surface area (Å²) in [6, 6.07) is 2.35. The summed E-state index contributed by atoms with van der Waals surface area (Å²) in [5.41, 5.74) is 7.73. The van der Waals surface area contributed by atoms with Gasteiger partial charge in [-0.3, -0.25) is 9.48 Å². The fourth-order valence-electron chi connectivity index (χ4n) is 3.28. The maximum atomic E-state index is 12.7. The summed E-state index contributed by atoms with van der Waals surface area (Å²) < 4.78 is 3.61. The molecule has 1 aliphatic carbocycles. The van der Waals surface area contributed by atoms with Crippen LogP contribution >= 0.6 is 0 Å². The van der Waals surface area contributed by atoms with Crippen molar-refractivity contribution in [1.82, 2.24) is 14.3 Å². The quantitative estimate of drug-likeness (QED) is 0.854. The molecule has 0 aromatic carbocycles. The van der Waals surface area contributed by atoms with Crippen molar-refractivity contribution >= 4 is 16.7 Å². The monoisotopic (exact) mass is 260 g/mol. The number of rotatable bonds is 1. The summed E-state index contributed by atoms with van der Waals surface area (Å²) in [6.07, 6.45) is 5.87. The van der Waals surface area contributed by atoms with Gasteiger partial charge in [-0.05, 0) is 25.8 Å². The Balaban J connectivity index is 2.24. The van der Waals surface area contributed by atoms with Crippen molar-refractivity contribution in [2.45, 2.75) is 45.1 Å². The normalized spacial score (nSPS) is 17.2. The number of pyridine rings is 1. The zero-order valence-corrected chi connectivity index (χ0v) is 11.5. The van der Waals surface area contributed by atoms with Crippen LogP contribution in [0.15, 0.2) is 10.9 Å². The molecule has 5 nitrogen and oxygen atoms in total. The largest absolute Gasteiger partial charge is 0.382 e. The van der Waals surface area contributed by atoms with E-state index in [0.717, 1.165) is 24.1 Å². The Morgan fingerprint density at radius 2 is 2.00 bits per heavy atom. The van der Waals surface area contributed by atoms with Crippen LogP contribution in [-0.4, -0.2) is 14.3 Å². The molecule has 19 heavy (non-hydrogen) atoms. The number of nitrogen functional groups attached to an aromatic ring is 1. The van der Waals surface area contributed by atoms with E-state index < -0.39 is 0 Å². The topological polar surface area (TPSA) is 65.8 Å². The van der Waals surface area contributed by atoms with Gasteiger partial charge in [-0.2, -0.15) is 5.10 Å². The van der Waals surface area contributed by atoms with Crippen LogP contribution in [0.3, 0.4) is 0 Å². The van der Waals surface area contributed by atoms with Crippen molar-refractivity contribution in [3.8, 4) is 0 Å². The van der Waals surface area contributed by atoms with Crippen molar-refractivity contribution in [3.63, 3.8) is 0 Å². The number of hydrogen-bond donors (Lipinski definition) is 1. The van der Waals surface area contributed by atoms with Crippen LogP contribution in [0, 0.1) is 6.92 Å². The van der Waals surface area contributed by atoms with Crippen molar-refractivity contribution in [3.05, 3.63) is 22.1 Å². The van der Waals surface area contributed by atoms with Gasteiger partial charge in [-0.15, -0.1) is 0 Å². The SMILES string of the molecule is Cc1cc2c(c(N)nn2C)c(=O)n1C1CCCCC1. The Hall–Kier alpha value is -1.78. The van der Waals surface area contributed by atoms with Crippen LogP contribution < -0.4 is 11.3 Å². The molecule has 0 spiro atoms. The Morgan fingerprint density at radius 3 is 2.68 bits per heavy atom. The Bertz CT molecular complexity index is 677. The van der Waals surface area contributed by atoms with E-state index in [1.165, 1.54) is 19.3 Å². The summed E-state index contributed by atoms with van der Waals surface area (Å²) in [4.78, 5) is 12.7. The van der Waals surface area contributed by atoms with Gasteiger partial charge in [0.25, 0.3) is 5.56 Å². The average molecular weight is 260 g/mol. The van der Waals surface area contributed by atoms with E-state index in [9.17, 15) is 4.79 Å². The number of nitrogens with two attached hydrogens (primary N) is 1. The zero-order valence-electron chi connectivity index (χ0n) is 11.5. The van der Waals surface area contributed by atoms with Crippen molar-refractivity contribution in [2.75, 3.05) is 5.73 Å². The number of hydrogen-bond acceptors (Lipinski definition) is 3. The third-order valence-corrected chi connectivity index (χ3v) is 4.22. The van der Waals surface area contributed by atoms with Crippen LogP contribution in [0.5, 0.6) is 0 Å². The summed E-state index contributed by atoms with van der Waals surface area (Å²) >= 11 is 0. The smallest absolute Gasteiger partial charge is 0.264 e. The molecule has 5 heteroatoms. The molecule has 3 rings (SSSR count). The van der Waals surface area contributed by atoms with E-state index >= 15 is 0 Å². The fraction of sp³-hybridized carbons (Fsp3) is 0.571. The molecule has 0 aliphatic heterocycles. The van der Waals surface area contributed by atoms with Crippen LogP contribution in [0.4, 0.5) is 5.82 Å². The van der Waals surface area contributed by atoms with Gasteiger partial charge in [0, 0.05) is 18.8 Å². The maximum absolute atomic E-state index is 12.7. The van der Waals surface area contributed by atoms with Gasteiger partial charge < -0.3 is 10.3 Å². The second-order valence-corrected chi connectivity index (χ2v) is 5.52. The van der Waals surface area contributed by atoms with Gasteiger partial charge in [-0.1, -0.05) is 19.3 Å². The van der Waals surface area contributed by atoms with Gasteiger partial charge in [0.1, 0.15) is 5.39 Å². The molecule has 2 N–H and O–H groups in total.